The number of anilines is 2. The van der Waals surface area contributed by atoms with Crippen LogP contribution in [0.2, 0.25) is 0 Å². The lowest BCUT2D eigenvalue weighted by atomic mass is 10.1. The van der Waals surface area contributed by atoms with Gasteiger partial charge in [0, 0.05) is 17.7 Å². The first-order valence-corrected chi connectivity index (χ1v) is 8.51. The van der Waals surface area contributed by atoms with Gasteiger partial charge < -0.3 is 10.8 Å². The number of amides is 2. The Morgan fingerprint density at radius 1 is 1.15 bits per heavy atom. The zero-order chi connectivity index (χ0) is 19.6. The van der Waals surface area contributed by atoms with Crippen LogP contribution < -0.4 is 21.1 Å². The van der Waals surface area contributed by atoms with Gasteiger partial charge in [-0.1, -0.05) is 12.1 Å². The number of urea groups is 1. The zero-order valence-corrected chi connectivity index (χ0v) is 14.8. The Balaban J connectivity index is 1.76. The summed E-state index contributed by atoms with van der Waals surface area (Å²) in [5.74, 6) is -0.863. The number of nitrogens with zero attached hydrogens (tertiary/aromatic N) is 2. The van der Waals surface area contributed by atoms with Crippen molar-refractivity contribution in [2.24, 2.45) is 5.73 Å². The third-order valence-corrected chi connectivity index (χ3v) is 4.38. The summed E-state index contributed by atoms with van der Waals surface area (Å²) in [5, 5.41) is 17.7. The van der Waals surface area contributed by atoms with Crippen LogP contribution in [0, 0.1) is 5.41 Å². The van der Waals surface area contributed by atoms with Crippen molar-refractivity contribution < 1.29 is 14.7 Å². The molecular formula is C19H21N5O3. The van der Waals surface area contributed by atoms with Crippen molar-refractivity contribution in [3.05, 3.63) is 59.7 Å². The number of hydrogen-bond donors (Lipinski definition) is 4. The van der Waals surface area contributed by atoms with E-state index < -0.39 is 5.97 Å². The van der Waals surface area contributed by atoms with E-state index in [-0.39, 0.29) is 24.5 Å². The second kappa shape index (κ2) is 7.46. The van der Waals surface area contributed by atoms with E-state index in [9.17, 15) is 9.59 Å². The molecule has 27 heavy (non-hydrogen) atoms. The predicted octanol–water partition coefficient (Wildman–Crippen LogP) is 2.29. The van der Waals surface area contributed by atoms with Crippen LogP contribution in [-0.4, -0.2) is 29.1 Å². The molecule has 140 valence electrons. The number of rotatable bonds is 6. The van der Waals surface area contributed by atoms with Crippen LogP contribution in [-0.2, 0) is 11.2 Å². The molecule has 1 saturated heterocycles. The number of carboxylic acids is 1. The van der Waals surface area contributed by atoms with E-state index in [1.165, 1.54) is 5.01 Å². The Kier molecular flexibility index (Phi) is 5.09. The maximum Gasteiger partial charge on any atom is 0.345 e. The molecule has 0 saturated carbocycles. The fourth-order valence-corrected chi connectivity index (χ4v) is 2.96. The summed E-state index contributed by atoms with van der Waals surface area (Å²) in [6, 6.07) is 13.9. The van der Waals surface area contributed by atoms with Gasteiger partial charge in [-0.25, -0.2) is 15.2 Å². The second-order valence-corrected chi connectivity index (χ2v) is 6.31. The molecule has 1 atom stereocenters. The number of carbonyl (C=O) groups is 2. The number of aliphatic carboxylic acids is 1. The van der Waals surface area contributed by atoms with Gasteiger partial charge in [-0.2, -0.15) is 0 Å². The van der Waals surface area contributed by atoms with Gasteiger partial charge >= 0.3 is 12.0 Å². The number of nitrogens with one attached hydrogen (secondary N) is 2. The molecule has 2 amide bonds. The lowest BCUT2D eigenvalue weighted by Crippen LogP contribution is -2.36. The molecule has 0 aliphatic carbocycles. The minimum absolute atomic E-state index is 0.0276. The number of nitrogens with two attached hydrogens (primary N) is 1. The molecule has 2 aromatic carbocycles. The number of amidine groups is 1. The van der Waals surface area contributed by atoms with Gasteiger partial charge in [0.05, 0.1) is 5.69 Å². The van der Waals surface area contributed by atoms with Crippen molar-refractivity contribution in [2.75, 3.05) is 9.91 Å². The van der Waals surface area contributed by atoms with Crippen molar-refractivity contribution in [1.29, 1.82) is 5.41 Å². The molecular weight excluding hydrogens is 346 g/mol. The maximum atomic E-state index is 12.9. The molecule has 5 N–H and O–H groups in total. The molecule has 0 aromatic heterocycles. The predicted molar refractivity (Wildman–Crippen MR) is 103 cm³/mol. The molecule has 1 aliphatic heterocycles. The maximum absolute atomic E-state index is 12.9. The Hall–Kier alpha value is -3.39. The highest BCUT2D eigenvalue weighted by atomic mass is 16.4. The van der Waals surface area contributed by atoms with Gasteiger partial charge in [-0.05, 0) is 55.3 Å². The smallest absolute Gasteiger partial charge is 0.345 e. The van der Waals surface area contributed by atoms with Crippen LogP contribution in [0.15, 0.2) is 48.5 Å². The van der Waals surface area contributed by atoms with Crippen LogP contribution in [0.5, 0.6) is 0 Å². The van der Waals surface area contributed by atoms with Crippen molar-refractivity contribution >= 4 is 29.2 Å². The number of hydrazine groups is 1. The molecule has 2 aromatic rings. The van der Waals surface area contributed by atoms with E-state index in [0.717, 1.165) is 11.3 Å². The van der Waals surface area contributed by atoms with E-state index >= 15 is 0 Å². The van der Waals surface area contributed by atoms with Gasteiger partial charge in [0.2, 0.25) is 0 Å². The van der Waals surface area contributed by atoms with Crippen LogP contribution >= 0.6 is 0 Å². The first-order valence-electron chi connectivity index (χ1n) is 8.51. The molecule has 8 nitrogen and oxygen atoms in total. The van der Waals surface area contributed by atoms with Gasteiger partial charge in [0.25, 0.3) is 0 Å². The Bertz CT molecular complexity index is 864. The van der Waals surface area contributed by atoms with Gasteiger partial charge in [-0.15, -0.1) is 0 Å². The average molecular weight is 367 g/mol. The van der Waals surface area contributed by atoms with E-state index in [4.69, 9.17) is 16.2 Å². The fraction of sp³-hybridized carbons (Fsp3) is 0.211. The summed E-state index contributed by atoms with van der Waals surface area (Å²) in [7, 11) is 0. The number of carboxylic acid groups (broad SMARTS) is 1. The summed E-state index contributed by atoms with van der Waals surface area (Å²) in [6.07, 6.45) is 0.269. The normalized spacial score (nSPS) is 16.6. The SMILES string of the molecule is CC1NN(c2ccc(C(=N)N)cc2)C(=O)N1c1ccc(CCC(=O)O)cc1. The van der Waals surface area contributed by atoms with E-state index in [0.29, 0.717) is 17.7 Å². The molecule has 8 heteroatoms. The summed E-state index contributed by atoms with van der Waals surface area (Å²) in [6.45, 7) is 1.88. The first kappa shape index (κ1) is 18.4. The van der Waals surface area contributed by atoms with Crippen LogP contribution in [0.1, 0.15) is 24.5 Å². The number of nitrogen functional groups attached to an aromatic ring is 1. The molecule has 1 aliphatic rings. The van der Waals surface area contributed by atoms with Crippen LogP contribution in [0.25, 0.3) is 0 Å². The summed E-state index contributed by atoms with van der Waals surface area (Å²) in [5.41, 5.74) is 11.5. The highest BCUT2D eigenvalue weighted by Crippen LogP contribution is 2.26. The van der Waals surface area contributed by atoms with Crippen molar-refractivity contribution in [3.63, 3.8) is 0 Å². The molecule has 0 radical (unpaired) electrons. The summed E-state index contributed by atoms with van der Waals surface area (Å²) in [4.78, 5) is 25.2. The number of benzene rings is 2. The lowest BCUT2D eigenvalue weighted by Gasteiger charge is -2.19. The summed E-state index contributed by atoms with van der Waals surface area (Å²) >= 11 is 0. The monoisotopic (exact) mass is 367 g/mol. The second-order valence-electron chi connectivity index (χ2n) is 6.31. The van der Waals surface area contributed by atoms with Gasteiger partial charge in [-0.3, -0.25) is 15.1 Å². The number of aryl methyl sites for hydroxylation is 1. The Morgan fingerprint density at radius 2 is 1.74 bits per heavy atom. The molecule has 0 spiro atoms. The minimum atomic E-state index is -0.835. The Morgan fingerprint density at radius 3 is 2.30 bits per heavy atom. The molecule has 3 rings (SSSR count). The quantitative estimate of drug-likeness (QED) is 0.461. The van der Waals surface area contributed by atoms with Crippen LogP contribution in [0.3, 0.4) is 0 Å². The molecule has 1 heterocycles. The van der Waals surface area contributed by atoms with Gasteiger partial charge in [0.15, 0.2) is 0 Å². The van der Waals surface area contributed by atoms with E-state index in [1.807, 2.05) is 31.2 Å². The molecule has 1 fully saturated rings. The largest absolute Gasteiger partial charge is 0.481 e. The van der Waals surface area contributed by atoms with Crippen LogP contribution in [0.4, 0.5) is 16.2 Å². The Labute approximate surface area is 156 Å². The average Bonchev–Trinajstić information content (AvgIpc) is 2.95. The molecule has 0 bridgehead atoms. The molecule has 1 unspecified atom stereocenters. The van der Waals surface area contributed by atoms with E-state index in [1.54, 1.807) is 29.2 Å². The number of carbonyl (C=O) groups excluding carboxylic acids is 1. The van der Waals surface area contributed by atoms with Crippen molar-refractivity contribution in [3.8, 4) is 0 Å². The highest BCUT2D eigenvalue weighted by molar-refractivity contribution is 6.06. The highest BCUT2D eigenvalue weighted by Gasteiger charge is 2.36. The third-order valence-electron chi connectivity index (χ3n) is 4.38. The van der Waals surface area contributed by atoms with Crippen molar-refractivity contribution in [1.82, 2.24) is 5.43 Å². The lowest BCUT2D eigenvalue weighted by molar-refractivity contribution is -0.136. The third kappa shape index (κ3) is 3.90. The number of hydrogen-bond acceptors (Lipinski definition) is 4. The first-order chi connectivity index (χ1) is 12.9. The minimum Gasteiger partial charge on any atom is -0.481 e. The topological polar surface area (TPSA) is 123 Å². The summed E-state index contributed by atoms with van der Waals surface area (Å²) < 4.78 is 0. The van der Waals surface area contributed by atoms with Crippen molar-refractivity contribution in [2.45, 2.75) is 25.9 Å². The standard InChI is InChI=1S/C19H21N5O3/c1-12-22-24(16-9-5-14(6-10-16)18(20)21)19(27)23(12)15-7-2-13(3-8-15)4-11-17(25)26/h2-3,5-10,12,22H,4,11H2,1H3,(H3,20,21)(H,25,26). The fourth-order valence-electron chi connectivity index (χ4n) is 2.96. The zero-order valence-electron chi connectivity index (χ0n) is 14.8. The van der Waals surface area contributed by atoms with E-state index in [2.05, 4.69) is 5.43 Å². The van der Waals surface area contributed by atoms with Gasteiger partial charge in [0.1, 0.15) is 12.0 Å².